The summed E-state index contributed by atoms with van der Waals surface area (Å²) in [6.07, 6.45) is 9.89. The fraction of sp³-hybridized carbons (Fsp3) is 0.475. The fourth-order valence-corrected chi connectivity index (χ4v) is 8.79. The van der Waals surface area contributed by atoms with Crippen LogP contribution in [-0.4, -0.2) is 113 Å². The van der Waals surface area contributed by atoms with Gasteiger partial charge in [-0.1, -0.05) is 12.0 Å². The van der Waals surface area contributed by atoms with E-state index in [9.17, 15) is 13.9 Å². The van der Waals surface area contributed by atoms with Gasteiger partial charge in [-0.05, 0) is 69.4 Å². The van der Waals surface area contributed by atoms with Crippen LogP contribution in [0.15, 0.2) is 30.5 Å². The van der Waals surface area contributed by atoms with E-state index < -0.39 is 23.0 Å². The van der Waals surface area contributed by atoms with E-state index in [1.807, 2.05) is 6.92 Å². The standard InChI is InChI=1S/C40H43F4N7O3/c1-6-27-30(41)12-9-23-15-26(52)16-28(31(23)27)32-34(42)36-33(29-19-49(5)47-35(29)32)37(46-38(45-36)54-22-39(21-48(3)4)20-40(39,43)44)51-24-10-11-25(51)18-50(17-24)13-8-14-53-7-2/h1,9,12,15-16,19,24-25,52H,7-8,10-11,13-14,17-18,20-22H2,2-5H3/t24-,25+,39-/m1/s1. The molecule has 0 amide bonds. The molecule has 2 aromatic heterocycles. The lowest BCUT2D eigenvalue weighted by atomic mass is 9.91. The number of aromatic hydroxyl groups is 1. The molecule has 3 fully saturated rings. The SMILES string of the molecule is C#Cc1c(F)ccc2cc(O)cc(-c3c(F)c4nc(OC[C@]5(CN(C)C)CC5(F)F)nc(N5[C@@H]6CC[C@H]5CN(CCCOCC)C6)c4c4cn(C)nc34)c12. The maximum atomic E-state index is 17.7. The molecule has 8 rings (SSSR count). The molecule has 3 aromatic carbocycles. The Labute approximate surface area is 310 Å². The van der Waals surface area contributed by atoms with Crippen LogP contribution in [0, 0.1) is 29.4 Å². The maximum Gasteiger partial charge on any atom is 0.319 e. The van der Waals surface area contributed by atoms with Crippen molar-refractivity contribution in [3.8, 4) is 35.2 Å². The van der Waals surface area contributed by atoms with Gasteiger partial charge in [-0.3, -0.25) is 9.58 Å². The minimum atomic E-state index is -2.94. The third-order valence-corrected chi connectivity index (χ3v) is 11.2. The second-order valence-electron chi connectivity index (χ2n) is 15.3. The monoisotopic (exact) mass is 745 g/mol. The minimum Gasteiger partial charge on any atom is -0.508 e. The lowest BCUT2D eigenvalue weighted by molar-refractivity contribution is 0.0288. The third-order valence-electron chi connectivity index (χ3n) is 11.2. The van der Waals surface area contributed by atoms with E-state index in [0.717, 1.165) is 38.9 Å². The molecule has 14 heteroatoms. The third kappa shape index (κ3) is 6.06. The molecule has 0 spiro atoms. The van der Waals surface area contributed by atoms with Gasteiger partial charge in [0.2, 0.25) is 0 Å². The first kappa shape index (κ1) is 36.3. The van der Waals surface area contributed by atoms with Crippen LogP contribution in [0.4, 0.5) is 23.4 Å². The summed E-state index contributed by atoms with van der Waals surface area (Å²) in [5.74, 6) is -1.76. The number of phenolic OH excluding ortho intramolecular Hbond substituents is 1. The molecular weight excluding hydrogens is 702 g/mol. The van der Waals surface area contributed by atoms with Gasteiger partial charge in [0, 0.05) is 87.5 Å². The molecular formula is C40H43F4N7O3. The number of halogens is 4. The van der Waals surface area contributed by atoms with E-state index in [2.05, 4.69) is 20.7 Å². The summed E-state index contributed by atoms with van der Waals surface area (Å²) in [6.45, 7) is 5.45. The summed E-state index contributed by atoms with van der Waals surface area (Å²) in [5, 5.41) is 17.1. The van der Waals surface area contributed by atoms with E-state index in [-0.39, 0.29) is 76.5 Å². The molecule has 1 N–H and O–H groups in total. The lowest BCUT2D eigenvalue weighted by Crippen LogP contribution is -2.54. The number of aryl methyl sites for hydroxylation is 1. The number of hydrogen-bond acceptors (Lipinski definition) is 9. The zero-order valence-electron chi connectivity index (χ0n) is 30.8. The summed E-state index contributed by atoms with van der Waals surface area (Å²) in [4.78, 5) is 15.9. The number of likely N-dealkylation sites (tertiary alicyclic amines) is 1. The Balaban J connectivity index is 1.33. The number of hydrogen-bond donors (Lipinski definition) is 1. The summed E-state index contributed by atoms with van der Waals surface area (Å²) in [6, 6.07) is 5.31. The molecule has 1 saturated carbocycles. The molecule has 284 valence electrons. The zero-order chi connectivity index (χ0) is 38.1. The van der Waals surface area contributed by atoms with E-state index in [1.165, 1.54) is 24.3 Å². The molecule has 2 aliphatic heterocycles. The first-order valence-corrected chi connectivity index (χ1v) is 18.4. The van der Waals surface area contributed by atoms with E-state index in [1.54, 1.807) is 36.9 Å². The lowest BCUT2D eigenvalue weighted by Gasteiger charge is -2.42. The Bertz CT molecular complexity index is 2310. The van der Waals surface area contributed by atoms with Gasteiger partial charge >= 0.3 is 6.01 Å². The quantitative estimate of drug-likeness (QED) is 0.0892. The maximum absolute atomic E-state index is 17.7. The van der Waals surface area contributed by atoms with E-state index >= 15 is 8.78 Å². The Morgan fingerprint density at radius 1 is 1.07 bits per heavy atom. The second-order valence-corrected chi connectivity index (χ2v) is 15.3. The van der Waals surface area contributed by atoms with Crippen molar-refractivity contribution in [1.82, 2.24) is 29.5 Å². The molecule has 0 radical (unpaired) electrons. The molecule has 1 aliphatic carbocycles. The Hall–Kier alpha value is -4.71. The van der Waals surface area contributed by atoms with E-state index in [4.69, 9.17) is 26.0 Å². The highest BCUT2D eigenvalue weighted by Crippen LogP contribution is 2.60. The van der Waals surface area contributed by atoms with Crippen LogP contribution < -0.4 is 9.64 Å². The first-order chi connectivity index (χ1) is 25.8. The van der Waals surface area contributed by atoms with Crippen LogP contribution >= 0.6 is 0 Å². The number of terminal acetylenes is 1. The highest BCUT2D eigenvalue weighted by Gasteiger charge is 2.71. The molecule has 0 unspecified atom stereocenters. The van der Waals surface area contributed by atoms with Gasteiger partial charge < -0.3 is 24.4 Å². The van der Waals surface area contributed by atoms with Crippen molar-refractivity contribution in [3.63, 3.8) is 0 Å². The van der Waals surface area contributed by atoms with Gasteiger partial charge in [0.15, 0.2) is 5.82 Å². The molecule has 3 aliphatic rings. The number of alkyl halides is 2. The number of anilines is 1. The average Bonchev–Trinajstić information content (AvgIpc) is 3.31. The summed E-state index contributed by atoms with van der Waals surface area (Å²) < 4.78 is 75.8. The summed E-state index contributed by atoms with van der Waals surface area (Å²) in [5.41, 5.74) is -1.31. The molecule has 54 heavy (non-hydrogen) atoms. The van der Waals surface area contributed by atoms with Crippen molar-refractivity contribution in [3.05, 3.63) is 47.7 Å². The van der Waals surface area contributed by atoms with Crippen LogP contribution in [0.5, 0.6) is 11.8 Å². The number of benzene rings is 3. The van der Waals surface area contributed by atoms with Gasteiger partial charge in [-0.2, -0.15) is 15.1 Å². The van der Waals surface area contributed by atoms with E-state index in [0.29, 0.717) is 35.2 Å². The Morgan fingerprint density at radius 3 is 2.48 bits per heavy atom. The topological polar surface area (TPSA) is 92.0 Å². The van der Waals surface area contributed by atoms with Crippen molar-refractivity contribution in [2.75, 3.05) is 65.0 Å². The van der Waals surface area contributed by atoms with Crippen molar-refractivity contribution in [2.45, 2.75) is 50.6 Å². The van der Waals surface area contributed by atoms with Gasteiger partial charge in [0.1, 0.15) is 35.0 Å². The summed E-state index contributed by atoms with van der Waals surface area (Å²) >= 11 is 0. The predicted octanol–water partition coefficient (Wildman–Crippen LogP) is 6.35. The number of piperazine rings is 1. The smallest absolute Gasteiger partial charge is 0.319 e. The predicted molar refractivity (Wildman–Crippen MR) is 199 cm³/mol. The van der Waals surface area contributed by atoms with Crippen LogP contribution in [0.2, 0.25) is 0 Å². The average molecular weight is 746 g/mol. The number of fused-ring (bicyclic) bond motifs is 6. The number of aromatic nitrogens is 4. The van der Waals surface area contributed by atoms with Gasteiger partial charge in [-0.15, -0.1) is 6.42 Å². The number of nitrogens with zero attached hydrogens (tertiary/aromatic N) is 7. The van der Waals surface area contributed by atoms with Crippen LogP contribution in [-0.2, 0) is 11.8 Å². The van der Waals surface area contributed by atoms with Crippen LogP contribution in [0.1, 0.15) is 38.2 Å². The zero-order valence-corrected chi connectivity index (χ0v) is 30.8. The molecule has 10 nitrogen and oxygen atoms in total. The fourth-order valence-electron chi connectivity index (χ4n) is 8.79. The van der Waals surface area contributed by atoms with Gasteiger partial charge in [-0.25, -0.2) is 17.6 Å². The van der Waals surface area contributed by atoms with Crippen molar-refractivity contribution >= 4 is 38.4 Å². The summed E-state index contributed by atoms with van der Waals surface area (Å²) in [7, 11) is 5.17. The second kappa shape index (κ2) is 13.5. The molecule has 5 aromatic rings. The van der Waals surface area contributed by atoms with Gasteiger partial charge in [0.25, 0.3) is 5.92 Å². The molecule has 2 saturated heterocycles. The van der Waals surface area contributed by atoms with Crippen molar-refractivity contribution in [1.29, 1.82) is 0 Å². The Kier molecular flexibility index (Phi) is 9.10. The minimum absolute atomic E-state index is 0.0419. The van der Waals surface area contributed by atoms with Crippen molar-refractivity contribution < 1.29 is 32.1 Å². The number of phenols is 1. The van der Waals surface area contributed by atoms with Crippen LogP contribution in [0.25, 0.3) is 43.7 Å². The largest absolute Gasteiger partial charge is 0.508 e. The normalized spacial score (nSPS) is 22.2. The van der Waals surface area contributed by atoms with Crippen LogP contribution in [0.3, 0.4) is 0 Å². The number of ether oxygens (including phenoxy) is 2. The molecule has 2 bridgehead atoms. The first-order valence-electron chi connectivity index (χ1n) is 18.4. The number of rotatable bonds is 12. The van der Waals surface area contributed by atoms with Crippen molar-refractivity contribution in [2.24, 2.45) is 12.5 Å². The van der Waals surface area contributed by atoms with Gasteiger partial charge in [0.05, 0.1) is 16.4 Å². The Morgan fingerprint density at radius 2 is 1.81 bits per heavy atom. The molecule has 4 heterocycles. The highest BCUT2D eigenvalue weighted by atomic mass is 19.3. The molecule has 3 atom stereocenters. The highest BCUT2D eigenvalue weighted by molar-refractivity contribution is 6.18.